The number of carbonyl (C=O) groups is 1. The third kappa shape index (κ3) is 2.71. The van der Waals surface area contributed by atoms with Crippen molar-refractivity contribution in [3.63, 3.8) is 0 Å². The first-order valence-electron chi connectivity index (χ1n) is 7.74. The van der Waals surface area contributed by atoms with Gasteiger partial charge in [-0.15, -0.1) is 0 Å². The van der Waals surface area contributed by atoms with Gasteiger partial charge in [-0.3, -0.25) is 4.79 Å². The van der Waals surface area contributed by atoms with Gasteiger partial charge in [-0.1, -0.05) is 31.9 Å². The molecule has 0 aliphatic heterocycles. The molecule has 0 heterocycles. The molecule has 0 aromatic rings. The normalized spacial score (nSPS) is 44.5. The third-order valence-electron chi connectivity index (χ3n) is 5.27. The predicted molar refractivity (Wildman–Crippen MR) is 74.4 cm³/mol. The van der Waals surface area contributed by atoms with E-state index in [1.807, 2.05) is 0 Å². The van der Waals surface area contributed by atoms with Gasteiger partial charge in [-0.05, 0) is 43.4 Å². The lowest BCUT2D eigenvalue weighted by Crippen LogP contribution is -2.47. The molecule has 3 aliphatic carbocycles. The highest BCUT2D eigenvalue weighted by Crippen LogP contribution is 2.43. The monoisotopic (exact) mass is 263 g/mol. The SMILES string of the molecule is CC1CCCC(O)(CNC(=O)C2CC3C=CC2C3)C1. The summed E-state index contributed by atoms with van der Waals surface area (Å²) in [6.07, 6.45) is 10.5. The molecule has 5 atom stereocenters. The Morgan fingerprint density at radius 2 is 2.26 bits per heavy atom. The summed E-state index contributed by atoms with van der Waals surface area (Å²) in [5, 5.41) is 13.6. The van der Waals surface area contributed by atoms with E-state index in [4.69, 9.17) is 0 Å². The zero-order valence-electron chi connectivity index (χ0n) is 11.8. The van der Waals surface area contributed by atoms with Gasteiger partial charge in [0.1, 0.15) is 0 Å². The van der Waals surface area contributed by atoms with Gasteiger partial charge in [0.25, 0.3) is 0 Å². The van der Waals surface area contributed by atoms with E-state index in [0.717, 1.165) is 32.1 Å². The Balaban J connectivity index is 1.52. The lowest BCUT2D eigenvalue weighted by atomic mass is 9.79. The topological polar surface area (TPSA) is 49.3 Å². The Morgan fingerprint density at radius 1 is 1.42 bits per heavy atom. The minimum absolute atomic E-state index is 0.152. The zero-order valence-corrected chi connectivity index (χ0v) is 11.8. The van der Waals surface area contributed by atoms with Crippen LogP contribution in [0, 0.1) is 23.7 Å². The Labute approximate surface area is 115 Å². The Hall–Kier alpha value is -0.830. The van der Waals surface area contributed by atoms with Crippen LogP contribution in [0.3, 0.4) is 0 Å². The van der Waals surface area contributed by atoms with E-state index in [-0.39, 0.29) is 11.8 Å². The Bertz CT molecular complexity index is 392. The van der Waals surface area contributed by atoms with E-state index in [9.17, 15) is 9.90 Å². The molecule has 1 amide bonds. The average Bonchev–Trinajstić information content (AvgIpc) is 2.98. The van der Waals surface area contributed by atoms with Crippen LogP contribution in [0.25, 0.3) is 0 Å². The molecule has 106 valence electrons. The van der Waals surface area contributed by atoms with Crippen LogP contribution in [-0.2, 0) is 4.79 Å². The Kier molecular flexibility index (Phi) is 3.42. The number of hydrogen-bond donors (Lipinski definition) is 2. The molecule has 0 saturated heterocycles. The first-order chi connectivity index (χ1) is 9.06. The van der Waals surface area contributed by atoms with Crippen LogP contribution in [0.1, 0.15) is 45.4 Å². The van der Waals surface area contributed by atoms with Gasteiger partial charge in [0.2, 0.25) is 5.91 Å². The van der Waals surface area contributed by atoms with E-state index >= 15 is 0 Å². The molecule has 3 heteroatoms. The maximum atomic E-state index is 12.2. The first-order valence-corrected chi connectivity index (χ1v) is 7.74. The molecular weight excluding hydrogens is 238 g/mol. The predicted octanol–water partition coefficient (Wildman–Crippen LogP) is 2.26. The second-order valence-corrected chi connectivity index (χ2v) is 7.03. The molecule has 0 radical (unpaired) electrons. The number of fused-ring (bicyclic) bond motifs is 2. The summed E-state index contributed by atoms with van der Waals surface area (Å²) in [7, 11) is 0. The molecule has 2 N–H and O–H groups in total. The fraction of sp³-hybridized carbons (Fsp3) is 0.812. The number of allylic oxidation sites excluding steroid dienone is 2. The summed E-state index contributed by atoms with van der Waals surface area (Å²) in [6.45, 7) is 2.63. The van der Waals surface area contributed by atoms with Crippen molar-refractivity contribution in [1.82, 2.24) is 5.32 Å². The van der Waals surface area contributed by atoms with Crippen LogP contribution >= 0.6 is 0 Å². The number of nitrogens with one attached hydrogen (secondary N) is 1. The Morgan fingerprint density at radius 3 is 2.89 bits per heavy atom. The molecule has 3 aliphatic rings. The summed E-state index contributed by atoms with van der Waals surface area (Å²) in [5.41, 5.74) is -0.666. The quantitative estimate of drug-likeness (QED) is 0.767. The van der Waals surface area contributed by atoms with Gasteiger partial charge in [0.05, 0.1) is 5.60 Å². The van der Waals surface area contributed by atoms with Gasteiger partial charge in [0.15, 0.2) is 0 Å². The van der Waals surface area contributed by atoms with Crippen LogP contribution in [-0.4, -0.2) is 23.2 Å². The van der Waals surface area contributed by atoms with Crippen molar-refractivity contribution < 1.29 is 9.90 Å². The van der Waals surface area contributed by atoms with Gasteiger partial charge in [-0.2, -0.15) is 0 Å². The second kappa shape index (κ2) is 4.93. The van der Waals surface area contributed by atoms with E-state index in [2.05, 4.69) is 24.4 Å². The largest absolute Gasteiger partial charge is 0.388 e. The minimum Gasteiger partial charge on any atom is -0.388 e. The molecule has 3 rings (SSSR count). The molecule has 0 spiro atoms. The van der Waals surface area contributed by atoms with Gasteiger partial charge in [0, 0.05) is 12.5 Å². The molecule has 2 bridgehead atoms. The van der Waals surface area contributed by atoms with Gasteiger partial charge < -0.3 is 10.4 Å². The van der Waals surface area contributed by atoms with Crippen molar-refractivity contribution in [2.75, 3.05) is 6.54 Å². The zero-order chi connectivity index (χ0) is 13.5. The first kappa shape index (κ1) is 13.2. The number of aliphatic hydroxyl groups is 1. The third-order valence-corrected chi connectivity index (χ3v) is 5.27. The standard InChI is InChI=1S/C16H25NO2/c1-11-3-2-6-16(19,9-11)10-17-15(18)14-8-12-4-5-13(14)7-12/h4-5,11-14,19H,2-3,6-10H2,1H3,(H,17,18). The van der Waals surface area contributed by atoms with Gasteiger partial charge in [-0.25, -0.2) is 0 Å². The highest BCUT2D eigenvalue weighted by molar-refractivity contribution is 5.80. The summed E-state index contributed by atoms with van der Waals surface area (Å²) in [4.78, 5) is 12.2. The van der Waals surface area contributed by atoms with E-state index in [1.165, 1.54) is 6.42 Å². The van der Waals surface area contributed by atoms with Crippen molar-refractivity contribution in [2.24, 2.45) is 23.7 Å². The summed E-state index contributed by atoms with van der Waals surface area (Å²) < 4.78 is 0. The highest BCUT2D eigenvalue weighted by atomic mass is 16.3. The van der Waals surface area contributed by atoms with Crippen molar-refractivity contribution >= 4 is 5.91 Å². The summed E-state index contributed by atoms with van der Waals surface area (Å²) >= 11 is 0. The number of rotatable bonds is 3. The summed E-state index contributed by atoms with van der Waals surface area (Å²) in [6, 6.07) is 0. The lowest BCUT2D eigenvalue weighted by Gasteiger charge is -2.36. The maximum Gasteiger partial charge on any atom is 0.223 e. The minimum atomic E-state index is -0.666. The number of amides is 1. The lowest BCUT2D eigenvalue weighted by molar-refractivity contribution is -0.127. The van der Waals surface area contributed by atoms with Crippen LogP contribution in [0.4, 0.5) is 0 Å². The second-order valence-electron chi connectivity index (χ2n) is 7.03. The fourth-order valence-corrected chi connectivity index (χ4v) is 4.26. The molecule has 5 unspecified atom stereocenters. The summed E-state index contributed by atoms with van der Waals surface area (Å²) in [5.74, 6) is 1.95. The molecule has 0 aromatic carbocycles. The van der Waals surface area contributed by atoms with Crippen LogP contribution in [0.2, 0.25) is 0 Å². The average molecular weight is 263 g/mol. The van der Waals surface area contributed by atoms with Crippen LogP contribution in [0.15, 0.2) is 12.2 Å². The van der Waals surface area contributed by atoms with Crippen molar-refractivity contribution in [1.29, 1.82) is 0 Å². The van der Waals surface area contributed by atoms with Gasteiger partial charge >= 0.3 is 0 Å². The number of carbonyl (C=O) groups excluding carboxylic acids is 1. The van der Waals surface area contributed by atoms with E-state index in [1.54, 1.807) is 0 Å². The van der Waals surface area contributed by atoms with Crippen molar-refractivity contribution in [3.8, 4) is 0 Å². The molecule has 19 heavy (non-hydrogen) atoms. The van der Waals surface area contributed by atoms with Crippen molar-refractivity contribution in [2.45, 2.75) is 51.0 Å². The maximum absolute atomic E-state index is 12.2. The molecule has 3 nitrogen and oxygen atoms in total. The molecule has 2 fully saturated rings. The van der Waals surface area contributed by atoms with Crippen LogP contribution in [0.5, 0.6) is 0 Å². The molecular formula is C16H25NO2. The van der Waals surface area contributed by atoms with E-state index < -0.39 is 5.60 Å². The van der Waals surface area contributed by atoms with Crippen LogP contribution < -0.4 is 5.32 Å². The van der Waals surface area contributed by atoms with Crippen molar-refractivity contribution in [3.05, 3.63) is 12.2 Å². The highest BCUT2D eigenvalue weighted by Gasteiger charge is 2.40. The van der Waals surface area contributed by atoms with E-state index in [0.29, 0.717) is 24.3 Å². The molecule has 0 aromatic heterocycles. The molecule has 2 saturated carbocycles. The fourth-order valence-electron chi connectivity index (χ4n) is 4.26. The smallest absolute Gasteiger partial charge is 0.223 e. The number of hydrogen-bond acceptors (Lipinski definition) is 2.